The molecule has 2 rings (SSSR count). The molecule has 2 aliphatic heterocycles. The van der Waals surface area contributed by atoms with E-state index in [1.807, 2.05) is 13.8 Å². The summed E-state index contributed by atoms with van der Waals surface area (Å²) in [7, 11) is 2.25. The van der Waals surface area contributed by atoms with Crippen molar-refractivity contribution in [3.05, 3.63) is 0 Å². The van der Waals surface area contributed by atoms with Crippen LogP contribution in [-0.2, 0) is 0 Å². The molecule has 1 nitrogen and oxygen atoms in total. The number of piperidine rings is 1. The third kappa shape index (κ3) is 3.16. The van der Waals surface area contributed by atoms with Gasteiger partial charge in [0.15, 0.2) is 0 Å². The van der Waals surface area contributed by atoms with E-state index in [-0.39, 0.29) is 0 Å². The van der Waals surface area contributed by atoms with Crippen molar-refractivity contribution in [2.75, 3.05) is 25.9 Å². The molecule has 0 bridgehead atoms. The molecule has 0 saturated carbocycles. The van der Waals surface area contributed by atoms with Gasteiger partial charge in [0.05, 0.1) is 0 Å². The molecular weight excluding hydrogens is 190 g/mol. The Kier molecular flexibility index (Phi) is 5.32. The van der Waals surface area contributed by atoms with Crippen LogP contribution in [0.1, 0.15) is 46.0 Å². The molecule has 2 aliphatic rings. The number of hydrogen-bond donors (Lipinski definition) is 0. The van der Waals surface area contributed by atoms with Gasteiger partial charge < -0.3 is 4.90 Å². The SMILES string of the molecule is CC.CN1CCC2(CCCCS2)CC1. The summed E-state index contributed by atoms with van der Waals surface area (Å²) in [5, 5.41) is 0. The van der Waals surface area contributed by atoms with Gasteiger partial charge in [0.2, 0.25) is 0 Å². The molecule has 0 radical (unpaired) electrons. The average Bonchev–Trinajstić information content (AvgIpc) is 2.27. The van der Waals surface area contributed by atoms with Gasteiger partial charge in [-0.15, -0.1) is 0 Å². The highest BCUT2D eigenvalue weighted by molar-refractivity contribution is 8.00. The normalized spacial score (nSPS) is 26.8. The fourth-order valence-electron chi connectivity index (χ4n) is 2.33. The smallest absolute Gasteiger partial charge is 0.0184 e. The molecular formula is C12H25NS. The van der Waals surface area contributed by atoms with Crippen LogP contribution in [0.2, 0.25) is 0 Å². The first-order valence-corrected chi connectivity index (χ1v) is 7.12. The topological polar surface area (TPSA) is 3.24 Å². The molecule has 0 unspecified atom stereocenters. The second kappa shape index (κ2) is 6.02. The highest BCUT2D eigenvalue weighted by atomic mass is 32.2. The zero-order valence-electron chi connectivity index (χ0n) is 10.0. The largest absolute Gasteiger partial charge is 0.306 e. The summed E-state index contributed by atoms with van der Waals surface area (Å²) in [6, 6.07) is 0. The summed E-state index contributed by atoms with van der Waals surface area (Å²) in [6.45, 7) is 6.65. The van der Waals surface area contributed by atoms with E-state index in [0.717, 1.165) is 0 Å². The van der Waals surface area contributed by atoms with Gasteiger partial charge >= 0.3 is 0 Å². The Morgan fingerprint density at radius 1 is 1.00 bits per heavy atom. The first kappa shape index (κ1) is 12.4. The molecule has 84 valence electrons. The lowest BCUT2D eigenvalue weighted by molar-refractivity contribution is 0.228. The second-order valence-corrected chi connectivity index (χ2v) is 5.85. The monoisotopic (exact) mass is 215 g/mol. The Labute approximate surface area is 93.6 Å². The Hall–Kier alpha value is 0.310. The van der Waals surface area contributed by atoms with Crippen molar-refractivity contribution < 1.29 is 0 Å². The quantitative estimate of drug-likeness (QED) is 0.609. The Morgan fingerprint density at radius 3 is 2.14 bits per heavy atom. The van der Waals surface area contributed by atoms with Gasteiger partial charge in [-0.1, -0.05) is 20.3 Å². The van der Waals surface area contributed by atoms with Gasteiger partial charge in [-0.05, 0) is 51.6 Å². The minimum atomic E-state index is 0.713. The Balaban J connectivity index is 0.000000461. The number of thioether (sulfide) groups is 1. The highest BCUT2D eigenvalue weighted by Crippen LogP contribution is 2.43. The van der Waals surface area contributed by atoms with E-state index in [2.05, 4.69) is 23.7 Å². The predicted octanol–water partition coefficient (Wildman–Crippen LogP) is 3.39. The summed E-state index contributed by atoms with van der Waals surface area (Å²) in [6.07, 6.45) is 7.31. The maximum atomic E-state index is 2.47. The third-order valence-corrected chi connectivity index (χ3v) is 5.05. The first-order chi connectivity index (χ1) is 6.81. The van der Waals surface area contributed by atoms with E-state index in [1.54, 1.807) is 0 Å². The van der Waals surface area contributed by atoms with Gasteiger partial charge in [0, 0.05) is 4.75 Å². The van der Waals surface area contributed by atoms with Crippen LogP contribution < -0.4 is 0 Å². The van der Waals surface area contributed by atoms with Gasteiger partial charge in [0.25, 0.3) is 0 Å². The summed E-state index contributed by atoms with van der Waals surface area (Å²) in [4.78, 5) is 2.47. The van der Waals surface area contributed by atoms with Gasteiger partial charge in [-0.25, -0.2) is 0 Å². The van der Waals surface area contributed by atoms with E-state index in [9.17, 15) is 0 Å². The van der Waals surface area contributed by atoms with Crippen LogP contribution in [0.5, 0.6) is 0 Å². The van der Waals surface area contributed by atoms with Crippen LogP contribution in [0, 0.1) is 0 Å². The lowest BCUT2D eigenvalue weighted by Crippen LogP contribution is -2.41. The van der Waals surface area contributed by atoms with Crippen LogP contribution in [0.4, 0.5) is 0 Å². The Bertz CT molecular complexity index is 142. The molecule has 2 fully saturated rings. The fourth-order valence-corrected chi connectivity index (χ4v) is 3.87. The van der Waals surface area contributed by atoms with Gasteiger partial charge in [-0.3, -0.25) is 0 Å². The molecule has 14 heavy (non-hydrogen) atoms. The second-order valence-electron chi connectivity index (χ2n) is 4.29. The molecule has 0 amide bonds. The molecule has 0 aromatic heterocycles. The molecule has 2 heterocycles. The van der Waals surface area contributed by atoms with Crippen molar-refractivity contribution in [2.45, 2.75) is 50.7 Å². The minimum absolute atomic E-state index is 0.713. The first-order valence-electron chi connectivity index (χ1n) is 6.13. The van der Waals surface area contributed by atoms with Crippen LogP contribution in [0.15, 0.2) is 0 Å². The highest BCUT2D eigenvalue weighted by Gasteiger charge is 2.35. The Morgan fingerprint density at radius 2 is 1.64 bits per heavy atom. The van der Waals surface area contributed by atoms with Crippen LogP contribution >= 0.6 is 11.8 Å². The lowest BCUT2D eigenvalue weighted by Gasteiger charge is -2.42. The summed E-state index contributed by atoms with van der Waals surface area (Å²) >= 11 is 2.26. The van der Waals surface area contributed by atoms with Crippen LogP contribution in [0.3, 0.4) is 0 Å². The minimum Gasteiger partial charge on any atom is -0.306 e. The molecule has 2 saturated heterocycles. The fraction of sp³-hybridized carbons (Fsp3) is 1.00. The van der Waals surface area contributed by atoms with E-state index < -0.39 is 0 Å². The van der Waals surface area contributed by atoms with Crippen LogP contribution in [0.25, 0.3) is 0 Å². The maximum absolute atomic E-state index is 2.47. The molecule has 0 aromatic carbocycles. The zero-order chi connectivity index (χ0) is 10.4. The molecule has 0 atom stereocenters. The molecule has 2 heteroatoms. The third-order valence-electron chi connectivity index (χ3n) is 3.33. The molecule has 0 aromatic rings. The summed E-state index contributed by atoms with van der Waals surface area (Å²) in [5.41, 5.74) is 0. The van der Waals surface area contributed by atoms with Crippen molar-refractivity contribution in [1.29, 1.82) is 0 Å². The van der Waals surface area contributed by atoms with Crippen molar-refractivity contribution in [3.63, 3.8) is 0 Å². The van der Waals surface area contributed by atoms with Crippen LogP contribution in [-0.4, -0.2) is 35.5 Å². The van der Waals surface area contributed by atoms with Crippen molar-refractivity contribution in [3.8, 4) is 0 Å². The summed E-state index contributed by atoms with van der Waals surface area (Å²) < 4.78 is 0.713. The van der Waals surface area contributed by atoms with E-state index in [4.69, 9.17) is 0 Å². The van der Waals surface area contributed by atoms with Gasteiger partial charge in [0.1, 0.15) is 0 Å². The van der Waals surface area contributed by atoms with Crippen molar-refractivity contribution in [1.82, 2.24) is 4.90 Å². The van der Waals surface area contributed by atoms with E-state index in [0.29, 0.717) is 4.75 Å². The molecule has 1 spiro atoms. The molecule has 0 N–H and O–H groups in total. The van der Waals surface area contributed by atoms with Gasteiger partial charge in [-0.2, -0.15) is 11.8 Å². The maximum Gasteiger partial charge on any atom is 0.0184 e. The summed E-state index contributed by atoms with van der Waals surface area (Å²) in [5.74, 6) is 1.42. The number of rotatable bonds is 0. The zero-order valence-corrected chi connectivity index (χ0v) is 10.8. The number of likely N-dealkylation sites (tertiary alicyclic amines) is 1. The lowest BCUT2D eigenvalue weighted by atomic mass is 9.90. The van der Waals surface area contributed by atoms with E-state index in [1.165, 1.54) is 50.9 Å². The number of nitrogens with zero attached hydrogens (tertiary/aromatic N) is 1. The standard InChI is InChI=1S/C10H19NS.C2H6/c1-11-7-5-10(6-8-11)4-2-3-9-12-10;1-2/h2-9H2,1H3;1-2H3. The average molecular weight is 215 g/mol. The number of hydrogen-bond acceptors (Lipinski definition) is 2. The predicted molar refractivity (Wildman–Crippen MR) is 67.1 cm³/mol. The van der Waals surface area contributed by atoms with E-state index >= 15 is 0 Å². The van der Waals surface area contributed by atoms with Crippen molar-refractivity contribution in [2.24, 2.45) is 0 Å². The van der Waals surface area contributed by atoms with Crippen molar-refractivity contribution >= 4 is 11.8 Å². The molecule has 0 aliphatic carbocycles.